The number of hydrogen-bond acceptors (Lipinski definition) is 7. The Balaban J connectivity index is 1.35. The molecule has 8 heteroatoms. The minimum absolute atomic E-state index is 0.443. The van der Waals surface area contributed by atoms with E-state index in [2.05, 4.69) is 27.3 Å². The SMILES string of the molecule is Nc1ccc(-c2c[nH]c3nc(Nc4ccc(N5CCOCC5)cc4)nc(Oc4ccccc4)c23)cc1. The number of nitrogens with zero attached hydrogens (tertiary/aromatic N) is 3. The van der Waals surface area contributed by atoms with E-state index in [0.29, 0.717) is 28.9 Å². The number of ether oxygens (including phenoxy) is 2. The Morgan fingerprint density at radius 2 is 1.64 bits per heavy atom. The van der Waals surface area contributed by atoms with Crippen molar-refractivity contribution in [2.24, 2.45) is 0 Å². The number of nitrogens with two attached hydrogens (primary N) is 1. The van der Waals surface area contributed by atoms with Gasteiger partial charge in [0.25, 0.3) is 0 Å². The lowest BCUT2D eigenvalue weighted by Crippen LogP contribution is -2.36. The van der Waals surface area contributed by atoms with Crippen LogP contribution in [0, 0.1) is 0 Å². The van der Waals surface area contributed by atoms with Gasteiger partial charge in [0.15, 0.2) is 0 Å². The highest BCUT2D eigenvalue weighted by atomic mass is 16.5. The van der Waals surface area contributed by atoms with Crippen LogP contribution in [0.4, 0.5) is 23.0 Å². The van der Waals surface area contributed by atoms with E-state index in [4.69, 9.17) is 25.2 Å². The van der Waals surface area contributed by atoms with Crippen LogP contribution in [0.1, 0.15) is 0 Å². The highest BCUT2D eigenvalue weighted by molar-refractivity contribution is 5.98. The number of H-pyrrole nitrogens is 1. The maximum Gasteiger partial charge on any atom is 0.234 e. The Hall–Kier alpha value is -4.56. The summed E-state index contributed by atoms with van der Waals surface area (Å²) in [6.07, 6.45) is 1.92. The first-order valence-corrected chi connectivity index (χ1v) is 11.9. The molecular weight excluding hydrogens is 452 g/mol. The number of nitrogens with one attached hydrogen (secondary N) is 2. The van der Waals surface area contributed by atoms with Gasteiger partial charge in [0.1, 0.15) is 11.4 Å². The molecule has 6 rings (SSSR count). The fraction of sp³-hybridized carbons (Fsp3) is 0.143. The van der Waals surface area contributed by atoms with Crippen molar-refractivity contribution >= 4 is 34.0 Å². The first-order chi connectivity index (χ1) is 17.7. The van der Waals surface area contributed by atoms with E-state index in [9.17, 15) is 0 Å². The van der Waals surface area contributed by atoms with Gasteiger partial charge in [-0.25, -0.2) is 0 Å². The molecule has 1 saturated heterocycles. The lowest BCUT2D eigenvalue weighted by molar-refractivity contribution is 0.122. The lowest BCUT2D eigenvalue weighted by atomic mass is 10.1. The fourth-order valence-corrected chi connectivity index (χ4v) is 4.33. The average Bonchev–Trinajstić information content (AvgIpc) is 3.35. The zero-order valence-electron chi connectivity index (χ0n) is 19.6. The molecule has 2 aromatic heterocycles. The Labute approximate surface area is 208 Å². The van der Waals surface area contributed by atoms with Crippen LogP contribution in [0.15, 0.2) is 85.1 Å². The van der Waals surface area contributed by atoms with Crippen molar-refractivity contribution in [3.05, 3.63) is 85.1 Å². The van der Waals surface area contributed by atoms with E-state index < -0.39 is 0 Å². The minimum atomic E-state index is 0.443. The summed E-state index contributed by atoms with van der Waals surface area (Å²) in [6, 6.07) is 25.6. The molecule has 1 fully saturated rings. The smallest absolute Gasteiger partial charge is 0.234 e. The summed E-state index contributed by atoms with van der Waals surface area (Å²) in [5, 5.41) is 4.13. The molecule has 0 aliphatic carbocycles. The molecule has 1 aliphatic rings. The largest absolute Gasteiger partial charge is 0.438 e. The van der Waals surface area contributed by atoms with E-state index in [0.717, 1.165) is 48.5 Å². The van der Waals surface area contributed by atoms with Crippen LogP contribution >= 0.6 is 0 Å². The molecule has 0 saturated carbocycles. The first-order valence-electron chi connectivity index (χ1n) is 11.9. The topological polar surface area (TPSA) is 101 Å². The summed E-state index contributed by atoms with van der Waals surface area (Å²) in [4.78, 5) is 15.1. The van der Waals surface area contributed by atoms with Crippen molar-refractivity contribution in [1.82, 2.24) is 15.0 Å². The van der Waals surface area contributed by atoms with E-state index in [1.165, 1.54) is 5.69 Å². The van der Waals surface area contributed by atoms with Gasteiger partial charge in [0, 0.05) is 41.9 Å². The lowest BCUT2D eigenvalue weighted by Gasteiger charge is -2.28. The molecule has 4 N–H and O–H groups in total. The molecule has 8 nitrogen and oxygen atoms in total. The van der Waals surface area contributed by atoms with Crippen molar-refractivity contribution in [1.29, 1.82) is 0 Å². The monoisotopic (exact) mass is 478 g/mol. The number of rotatable bonds is 6. The molecule has 180 valence electrons. The molecule has 0 atom stereocenters. The Morgan fingerprint density at radius 3 is 2.39 bits per heavy atom. The van der Waals surface area contributed by atoms with Crippen molar-refractivity contribution in [2.45, 2.75) is 0 Å². The van der Waals surface area contributed by atoms with Gasteiger partial charge in [-0.3, -0.25) is 0 Å². The third kappa shape index (κ3) is 4.54. The Bertz CT molecular complexity index is 1460. The number of anilines is 4. The quantitative estimate of drug-likeness (QED) is 0.274. The molecule has 1 aliphatic heterocycles. The average molecular weight is 479 g/mol. The van der Waals surface area contributed by atoms with Crippen LogP contribution < -0.4 is 20.7 Å². The number of para-hydroxylation sites is 1. The molecule has 0 spiro atoms. The molecule has 36 heavy (non-hydrogen) atoms. The van der Waals surface area contributed by atoms with Crippen LogP contribution in [0.2, 0.25) is 0 Å². The number of benzene rings is 3. The van der Waals surface area contributed by atoms with Gasteiger partial charge >= 0.3 is 0 Å². The number of nitrogen functional groups attached to an aromatic ring is 1. The zero-order valence-corrected chi connectivity index (χ0v) is 19.6. The van der Waals surface area contributed by atoms with Crippen molar-refractivity contribution in [3.63, 3.8) is 0 Å². The van der Waals surface area contributed by atoms with Crippen LogP contribution in [0.25, 0.3) is 22.2 Å². The van der Waals surface area contributed by atoms with Gasteiger partial charge < -0.3 is 30.4 Å². The molecule has 0 radical (unpaired) electrons. The number of hydrogen-bond donors (Lipinski definition) is 3. The maximum absolute atomic E-state index is 6.26. The van der Waals surface area contributed by atoms with Gasteiger partial charge in [0.05, 0.1) is 18.6 Å². The van der Waals surface area contributed by atoms with Crippen molar-refractivity contribution in [3.8, 4) is 22.8 Å². The summed E-state index contributed by atoms with van der Waals surface area (Å²) >= 11 is 0. The Kier molecular flexibility index (Phi) is 5.85. The second-order valence-corrected chi connectivity index (χ2v) is 8.59. The number of fused-ring (bicyclic) bond motifs is 1. The molecular formula is C28H26N6O2. The maximum atomic E-state index is 6.26. The summed E-state index contributed by atoms with van der Waals surface area (Å²) in [5.74, 6) is 1.60. The van der Waals surface area contributed by atoms with Crippen molar-refractivity contribution < 1.29 is 9.47 Å². The van der Waals surface area contributed by atoms with Crippen LogP contribution in [0.5, 0.6) is 11.6 Å². The molecule has 3 aromatic carbocycles. The highest BCUT2D eigenvalue weighted by Crippen LogP contribution is 2.37. The van der Waals surface area contributed by atoms with Gasteiger partial charge in [-0.15, -0.1) is 0 Å². The number of aromatic nitrogens is 3. The zero-order chi connectivity index (χ0) is 24.3. The minimum Gasteiger partial charge on any atom is -0.438 e. The standard InChI is InChI=1S/C28H26N6O2/c29-20-8-6-19(7-9-20)24-18-30-26-25(24)27(36-23-4-2-1-3-5-23)33-28(32-26)31-21-10-12-22(13-11-21)34-14-16-35-17-15-34/h1-13,18H,14-17,29H2,(H2,30,31,32,33). The van der Waals surface area contributed by atoms with E-state index in [-0.39, 0.29) is 0 Å². The molecule has 5 aromatic rings. The normalized spacial score (nSPS) is 13.6. The fourth-order valence-electron chi connectivity index (χ4n) is 4.33. The predicted octanol–water partition coefficient (Wildman–Crippen LogP) is 5.58. The Morgan fingerprint density at radius 1 is 0.889 bits per heavy atom. The molecule has 0 unspecified atom stereocenters. The summed E-state index contributed by atoms with van der Waals surface area (Å²) in [5.41, 5.74) is 11.3. The third-order valence-electron chi connectivity index (χ3n) is 6.18. The first kappa shape index (κ1) is 21.9. The highest BCUT2D eigenvalue weighted by Gasteiger charge is 2.18. The van der Waals surface area contributed by atoms with Crippen LogP contribution in [-0.4, -0.2) is 41.3 Å². The van der Waals surface area contributed by atoms with Gasteiger partial charge in [0.2, 0.25) is 11.8 Å². The van der Waals surface area contributed by atoms with Crippen LogP contribution in [0.3, 0.4) is 0 Å². The van der Waals surface area contributed by atoms with E-state index >= 15 is 0 Å². The summed E-state index contributed by atoms with van der Waals surface area (Å²) < 4.78 is 11.7. The third-order valence-corrected chi connectivity index (χ3v) is 6.18. The predicted molar refractivity (Wildman–Crippen MR) is 143 cm³/mol. The van der Waals surface area contributed by atoms with Crippen LogP contribution in [-0.2, 0) is 4.74 Å². The molecule has 3 heterocycles. The summed E-state index contributed by atoms with van der Waals surface area (Å²) in [7, 11) is 0. The second-order valence-electron chi connectivity index (χ2n) is 8.59. The van der Waals surface area contributed by atoms with E-state index in [1.807, 2.05) is 72.9 Å². The number of morpholine rings is 1. The summed E-state index contributed by atoms with van der Waals surface area (Å²) in [6.45, 7) is 3.31. The van der Waals surface area contributed by atoms with Gasteiger partial charge in [-0.2, -0.15) is 9.97 Å². The van der Waals surface area contributed by atoms with Gasteiger partial charge in [-0.05, 0) is 54.1 Å². The van der Waals surface area contributed by atoms with E-state index in [1.54, 1.807) is 0 Å². The second kappa shape index (κ2) is 9.59. The van der Waals surface area contributed by atoms with Gasteiger partial charge in [-0.1, -0.05) is 30.3 Å². The molecule has 0 bridgehead atoms. The van der Waals surface area contributed by atoms with Crippen molar-refractivity contribution in [2.75, 3.05) is 42.3 Å². The number of aromatic amines is 1. The molecule has 0 amide bonds.